The van der Waals surface area contributed by atoms with Gasteiger partial charge in [-0.25, -0.2) is 4.98 Å². The Morgan fingerprint density at radius 2 is 2.00 bits per heavy atom. The molecule has 0 bridgehead atoms. The molecule has 0 fully saturated rings. The summed E-state index contributed by atoms with van der Waals surface area (Å²) in [6.45, 7) is 6.08. The van der Waals surface area contributed by atoms with Crippen LogP contribution in [0.1, 0.15) is 19.5 Å². The number of hydrogen-bond acceptors (Lipinski definition) is 3. The van der Waals surface area contributed by atoms with Crippen LogP contribution in [0.2, 0.25) is 0 Å². The molecule has 0 aliphatic rings. The van der Waals surface area contributed by atoms with E-state index in [1.165, 1.54) is 0 Å². The van der Waals surface area contributed by atoms with Gasteiger partial charge in [-0.15, -0.1) is 0 Å². The number of anilines is 1. The molecule has 0 aliphatic heterocycles. The summed E-state index contributed by atoms with van der Waals surface area (Å²) in [7, 11) is 0. The first kappa shape index (κ1) is 9.99. The fraction of sp³-hybridized carbons (Fsp3) is 0.500. The van der Waals surface area contributed by atoms with E-state index in [4.69, 9.17) is 5.11 Å². The van der Waals surface area contributed by atoms with Crippen molar-refractivity contribution < 1.29 is 5.11 Å². The molecule has 0 atom stereocenters. The first-order valence-electron chi connectivity index (χ1n) is 4.63. The quantitative estimate of drug-likeness (QED) is 0.761. The molecule has 0 aromatic carbocycles. The number of rotatable bonds is 4. The van der Waals surface area contributed by atoms with Crippen molar-refractivity contribution in [3.8, 4) is 0 Å². The van der Waals surface area contributed by atoms with E-state index in [-0.39, 0.29) is 6.61 Å². The van der Waals surface area contributed by atoms with Crippen LogP contribution in [-0.4, -0.2) is 23.2 Å². The van der Waals surface area contributed by atoms with Crippen LogP contribution in [0.15, 0.2) is 18.2 Å². The lowest BCUT2D eigenvalue weighted by Crippen LogP contribution is -2.23. The zero-order chi connectivity index (χ0) is 9.68. The van der Waals surface area contributed by atoms with Gasteiger partial charge in [-0.05, 0) is 26.0 Å². The molecule has 72 valence electrons. The molecule has 1 aromatic rings. The predicted molar refractivity (Wildman–Crippen MR) is 53.7 cm³/mol. The number of aromatic nitrogens is 1. The molecule has 0 spiro atoms. The number of nitrogens with zero attached hydrogens (tertiary/aromatic N) is 2. The van der Waals surface area contributed by atoms with Crippen LogP contribution in [0.4, 0.5) is 5.82 Å². The van der Waals surface area contributed by atoms with Crippen molar-refractivity contribution in [2.75, 3.05) is 18.0 Å². The van der Waals surface area contributed by atoms with Gasteiger partial charge < -0.3 is 10.0 Å². The van der Waals surface area contributed by atoms with Gasteiger partial charge in [0.05, 0.1) is 12.3 Å². The summed E-state index contributed by atoms with van der Waals surface area (Å²) in [6.07, 6.45) is 0. The van der Waals surface area contributed by atoms with Gasteiger partial charge in [-0.2, -0.15) is 0 Å². The van der Waals surface area contributed by atoms with Crippen molar-refractivity contribution in [1.82, 2.24) is 4.98 Å². The highest BCUT2D eigenvalue weighted by Gasteiger charge is 2.02. The Kier molecular flexibility index (Phi) is 3.71. The topological polar surface area (TPSA) is 36.4 Å². The number of aliphatic hydroxyl groups is 1. The summed E-state index contributed by atoms with van der Waals surface area (Å²) in [5, 5.41) is 8.91. The molecule has 0 saturated carbocycles. The molecular formula is C10H16N2O. The van der Waals surface area contributed by atoms with E-state index in [1.54, 1.807) is 0 Å². The Morgan fingerprint density at radius 1 is 1.31 bits per heavy atom. The van der Waals surface area contributed by atoms with Gasteiger partial charge in [0.1, 0.15) is 5.82 Å². The molecular weight excluding hydrogens is 164 g/mol. The monoisotopic (exact) mass is 180 g/mol. The minimum Gasteiger partial charge on any atom is -0.390 e. The van der Waals surface area contributed by atoms with Crippen LogP contribution in [0.5, 0.6) is 0 Å². The van der Waals surface area contributed by atoms with E-state index >= 15 is 0 Å². The van der Waals surface area contributed by atoms with Gasteiger partial charge in [-0.1, -0.05) is 6.07 Å². The molecule has 3 nitrogen and oxygen atoms in total. The smallest absolute Gasteiger partial charge is 0.128 e. The van der Waals surface area contributed by atoms with E-state index in [9.17, 15) is 0 Å². The van der Waals surface area contributed by atoms with Crippen LogP contribution < -0.4 is 4.90 Å². The van der Waals surface area contributed by atoms with Crippen LogP contribution in [0.3, 0.4) is 0 Å². The highest BCUT2D eigenvalue weighted by Crippen LogP contribution is 2.10. The summed E-state index contributed by atoms with van der Waals surface area (Å²) in [4.78, 5) is 6.46. The molecule has 0 amide bonds. The maximum atomic E-state index is 8.91. The minimum atomic E-state index is 0.00904. The molecule has 1 heterocycles. The maximum Gasteiger partial charge on any atom is 0.128 e. The Hall–Kier alpha value is -1.09. The van der Waals surface area contributed by atoms with E-state index in [2.05, 4.69) is 23.7 Å². The van der Waals surface area contributed by atoms with Gasteiger partial charge in [0, 0.05) is 13.1 Å². The third-order valence-electron chi connectivity index (χ3n) is 2.04. The summed E-state index contributed by atoms with van der Waals surface area (Å²) < 4.78 is 0. The van der Waals surface area contributed by atoms with Gasteiger partial charge in [0.15, 0.2) is 0 Å². The van der Waals surface area contributed by atoms with Gasteiger partial charge in [0.2, 0.25) is 0 Å². The molecule has 1 rings (SSSR count). The highest BCUT2D eigenvalue weighted by atomic mass is 16.3. The van der Waals surface area contributed by atoms with E-state index in [1.807, 2.05) is 18.2 Å². The average molecular weight is 180 g/mol. The van der Waals surface area contributed by atoms with Crippen LogP contribution in [-0.2, 0) is 6.61 Å². The van der Waals surface area contributed by atoms with Crippen molar-refractivity contribution in [2.24, 2.45) is 0 Å². The summed E-state index contributed by atoms with van der Waals surface area (Å²) >= 11 is 0. The zero-order valence-electron chi connectivity index (χ0n) is 8.20. The molecule has 0 radical (unpaired) electrons. The molecule has 0 aliphatic carbocycles. The van der Waals surface area contributed by atoms with Gasteiger partial charge >= 0.3 is 0 Å². The zero-order valence-corrected chi connectivity index (χ0v) is 8.20. The Balaban J connectivity index is 2.86. The molecule has 3 heteroatoms. The average Bonchev–Trinajstić information content (AvgIpc) is 2.20. The fourth-order valence-corrected chi connectivity index (χ4v) is 1.28. The number of pyridine rings is 1. The Morgan fingerprint density at radius 3 is 2.54 bits per heavy atom. The lowest BCUT2D eigenvalue weighted by atomic mass is 10.3. The SMILES string of the molecule is CCN(CC)c1cccc(CO)n1. The number of hydrogen-bond donors (Lipinski definition) is 1. The van der Waals surface area contributed by atoms with E-state index < -0.39 is 0 Å². The highest BCUT2D eigenvalue weighted by molar-refractivity contribution is 5.38. The fourth-order valence-electron chi connectivity index (χ4n) is 1.28. The van der Waals surface area contributed by atoms with E-state index in [0.29, 0.717) is 0 Å². The van der Waals surface area contributed by atoms with Gasteiger partial charge in [-0.3, -0.25) is 0 Å². The normalized spacial score (nSPS) is 10.1. The van der Waals surface area contributed by atoms with Crippen molar-refractivity contribution in [3.63, 3.8) is 0 Å². The maximum absolute atomic E-state index is 8.91. The first-order chi connectivity index (χ1) is 6.31. The molecule has 0 saturated heterocycles. The second-order valence-corrected chi connectivity index (χ2v) is 2.82. The molecule has 1 N–H and O–H groups in total. The second-order valence-electron chi connectivity index (χ2n) is 2.82. The second kappa shape index (κ2) is 4.82. The third kappa shape index (κ3) is 2.42. The Bertz CT molecular complexity index is 259. The minimum absolute atomic E-state index is 0.00904. The Labute approximate surface area is 79.0 Å². The van der Waals surface area contributed by atoms with Crippen LogP contribution >= 0.6 is 0 Å². The molecule has 1 aromatic heterocycles. The van der Waals surface area contributed by atoms with E-state index in [0.717, 1.165) is 24.6 Å². The predicted octanol–water partition coefficient (Wildman–Crippen LogP) is 1.42. The lowest BCUT2D eigenvalue weighted by molar-refractivity contribution is 0.277. The molecule has 0 unspecified atom stereocenters. The van der Waals surface area contributed by atoms with Crippen molar-refractivity contribution in [1.29, 1.82) is 0 Å². The van der Waals surface area contributed by atoms with Crippen molar-refractivity contribution in [3.05, 3.63) is 23.9 Å². The lowest BCUT2D eigenvalue weighted by Gasteiger charge is -2.19. The van der Waals surface area contributed by atoms with Gasteiger partial charge in [0.25, 0.3) is 0 Å². The number of aliphatic hydroxyl groups excluding tert-OH is 1. The largest absolute Gasteiger partial charge is 0.390 e. The van der Waals surface area contributed by atoms with Crippen molar-refractivity contribution >= 4 is 5.82 Å². The standard InChI is InChI=1S/C10H16N2O/c1-3-12(4-2)10-7-5-6-9(8-13)11-10/h5-7,13H,3-4,8H2,1-2H3. The summed E-state index contributed by atoms with van der Waals surface area (Å²) in [5.74, 6) is 0.941. The van der Waals surface area contributed by atoms with Crippen LogP contribution in [0, 0.1) is 0 Å². The summed E-state index contributed by atoms with van der Waals surface area (Å²) in [6, 6.07) is 5.71. The van der Waals surface area contributed by atoms with Crippen LogP contribution in [0.25, 0.3) is 0 Å². The molecule has 13 heavy (non-hydrogen) atoms. The third-order valence-corrected chi connectivity index (χ3v) is 2.04. The van der Waals surface area contributed by atoms with Crippen molar-refractivity contribution in [2.45, 2.75) is 20.5 Å². The first-order valence-corrected chi connectivity index (χ1v) is 4.63. The summed E-state index contributed by atoms with van der Waals surface area (Å²) in [5.41, 5.74) is 0.726.